The second kappa shape index (κ2) is 9.26. The first-order chi connectivity index (χ1) is 17.0. The number of hydrogen-bond donors (Lipinski definition) is 2. The maximum atomic E-state index is 11.6. The first kappa shape index (κ1) is 22.1. The van der Waals surface area contributed by atoms with Crippen LogP contribution in [0.15, 0.2) is 78.9 Å². The Bertz CT molecular complexity index is 1510. The summed E-state index contributed by atoms with van der Waals surface area (Å²) in [5.74, 6) is -0.259. The first-order valence-corrected chi connectivity index (χ1v) is 11.0. The molecule has 2 heterocycles. The molecule has 0 radical (unpaired) electrons. The highest BCUT2D eigenvalue weighted by Gasteiger charge is 2.19. The topological polar surface area (TPSA) is 110 Å². The molecule has 174 valence electrons. The van der Waals surface area contributed by atoms with Crippen molar-refractivity contribution in [3.8, 4) is 22.9 Å². The number of aryl methyl sites for hydroxylation is 1. The lowest BCUT2D eigenvalue weighted by atomic mass is 9.99. The van der Waals surface area contributed by atoms with Crippen LogP contribution in [0, 0.1) is 6.92 Å². The number of aromatic carboxylic acids is 1. The number of hydrogen-bond acceptors (Lipinski definition) is 6. The highest BCUT2D eigenvalue weighted by Crippen LogP contribution is 2.31. The number of carbonyl (C=O) groups is 1. The van der Waals surface area contributed by atoms with Crippen LogP contribution in [-0.4, -0.2) is 35.9 Å². The van der Waals surface area contributed by atoms with Crippen LogP contribution in [0.1, 0.15) is 27.3 Å². The minimum Gasteiger partial charge on any atom is -0.491 e. The Morgan fingerprint density at radius 2 is 1.63 bits per heavy atom. The SMILES string of the molecule is Cc1nc2c(OCc3ccccc3)nnc(O)c2n1Cc1ccc(-c2ccccc2C(=O)O)cc1. The van der Waals surface area contributed by atoms with E-state index in [-0.39, 0.29) is 17.3 Å². The van der Waals surface area contributed by atoms with Crippen molar-refractivity contribution in [2.24, 2.45) is 0 Å². The number of imidazole rings is 1. The third-order valence-corrected chi connectivity index (χ3v) is 5.79. The summed E-state index contributed by atoms with van der Waals surface area (Å²) < 4.78 is 7.72. The average molecular weight is 466 g/mol. The predicted molar refractivity (Wildman–Crippen MR) is 130 cm³/mol. The first-order valence-electron chi connectivity index (χ1n) is 11.0. The summed E-state index contributed by atoms with van der Waals surface area (Å²) in [5, 5.41) is 27.8. The van der Waals surface area contributed by atoms with Crippen molar-refractivity contribution in [3.05, 3.63) is 101 Å². The van der Waals surface area contributed by atoms with Gasteiger partial charge in [-0.15, -0.1) is 10.2 Å². The van der Waals surface area contributed by atoms with Gasteiger partial charge in [-0.05, 0) is 35.2 Å². The number of benzene rings is 3. The van der Waals surface area contributed by atoms with E-state index in [0.29, 0.717) is 35.6 Å². The van der Waals surface area contributed by atoms with E-state index in [1.165, 1.54) is 0 Å². The second-order valence-corrected chi connectivity index (χ2v) is 8.09. The molecule has 0 aliphatic rings. The van der Waals surface area contributed by atoms with Crippen molar-refractivity contribution in [1.82, 2.24) is 19.7 Å². The summed E-state index contributed by atoms with van der Waals surface area (Å²) in [6, 6.07) is 24.2. The van der Waals surface area contributed by atoms with Crippen molar-refractivity contribution in [1.29, 1.82) is 0 Å². The van der Waals surface area contributed by atoms with Crippen LogP contribution in [0.5, 0.6) is 11.8 Å². The molecule has 0 aliphatic carbocycles. The summed E-state index contributed by atoms with van der Waals surface area (Å²) in [4.78, 5) is 16.2. The van der Waals surface area contributed by atoms with Crippen molar-refractivity contribution >= 4 is 17.0 Å². The number of carboxylic acid groups (broad SMARTS) is 1. The largest absolute Gasteiger partial charge is 0.491 e. The normalized spacial score (nSPS) is 11.0. The van der Waals surface area contributed by atoms with Gasteiger partial charge in [0.2, 0.25) is 0 Å². The Morgan fingerprint density at radius 1 is 0.914 bits per heavy atom. The van der Waals surface area contributed by atoms with Crippen molar-refractivity contribution in [3.63, 3.8) is 0 Å². The minimum absolute atomic E-state index is 0.223. The molecule has 0 spiro atoms. The maximum absolute atomic E-state index is 11.6. The van der Waals surface area contributed by atoms with E-state index in [0.717, 1.165) is 16.7 Å². The number of carboxylic acids is 1. The third-order valence-electron chi connectivity index (χ3n) is 5.79. The smallest absolute Gasteiger partial charge is 0.336 e. The molecule has 0 atom stereocenters. The molecule has 2 aromatic heterocycles. The van der Waals surface area contributed by atoms with Crippen molar-refractivity contribution in [2.75, 3.05) is 0 Å². The van der Waals surface area contributed by atoms with Gasteiger partial charge in [0.1, 0.15) is 17.9 Å². The molecular formula is C27H22N4O4. The van der Waals surface area contributed by atoms with Crippen molar-refractivity contribution < 1.29 is 19.7 Å². The Labute approximate surface area is 201 Å². The number of aromatic hydroxyl groups is 1. The fourth-order valence-corrected chi connectivity index (χ4v) is 4.04. The molecule has 35 heavy (non-hydrogen) atoms. The number of aromatic nitrogens is 4. The van der Waals surface area contributed by atoms with Gasteiger partial charge in [-0.25, -0.2) is 9.78 Å². The zero-order valence-electron chi connectivity index (χ0n) is 18.9. The fraction of sp³-hybridized carbons (Fsp3) is 0.111. The molecular weight excluding hydrogens is 444 g/mol. The summed E-state index contributed by atoms with van der Waals surface area (Å²) in [7, 11) is 0. The van der Waals surface area contributed by atoms with E-state index in [2.05, 4.69) is 15.2 Å². The Kier molecular flexibility index (Phi) is 5.85. The van der Waals surface area contributed by atoms with Crippen LogP contribution in [-0.2, 0) is 13.2 Å². The average Bonchev–Trinajstić information content (AvgIpc) is 3.21. The second-order valence-electron chi connectivity index (χ2n) is 8.09. The van der Waals surface area contributed by atoms with Gasteiger partial charge < -0.3 is 19.5 Å². The van der Waals surface area contributed by atoms with Gasteiger partial charge in [0.25, 0.3) is 11.8 Å². The van der Waals surface area contributed by atoms with Crippen LogP contribution in [0.4, 0.5) is 0 Å². The molecule has 8 nitrogen and oxygen atoms in total. The molecule has 0 bridgehead atoms. The highest BCUT2D eigenvalue weighted by atomic mass is 16.5. The zero-order chi connectivity index (χ0) is 24.4. The van der Waals surface area contributed by atoms with E-state index in [4.69, 9.17) is 4.74 Å². The summed E-state index contributed by atoms with van der Waals surface area (Å²) >= 11 is 0. The third kappa shape index (κ3) is 4.41. The van der Waals surface area contributed by atoms with E-state index in [1.54, 1.807) is 18.2 Å². The van der Waals surface area contributed by atoms with Gasteiger partial charge in [-0.1, -0.05) is 72.8 Å². The molecule has 0 amide bonds. The summed E-state index contributed by atoms with van der Waals surface area (Å²) in [6.07, 6.45) is 0. The van der Waals surface area contributed by atoms with E-state index in [9.17, 15) is 15.0 Å². The number of fused-ring (bicyclic) bond motifs is 1. The quantitative estimate of drug-likeness (QED) is 0.353. The van der Waals surface area contributed by atoms with Gasteiger partial charge in [0, 0.05) is 6.54 Å². The molecule has 0 unspecified atom stereocenters. The number of rotatable bonds is 7. The Morgan fingerprint density at radius 3 is 2.37 bits per heavy atom. The standard InChI is InChI=1S/C27H22N4O4/c1-17-28-23-24(25(32)29-30-26(23)35-16-19-7-3-2-4-8-19)31(17)15-18-11-13-20(14-12-18)21-9-5-6-10-22(21)27(33)34/h2-14H,15-16H2,1H3,(H,29,32)(H,33,34). The Balaban J connectivity index is 1.44. The van der Waals surface area contributed by atoms with E-state index in [1.807, 2.05) is 72.2 Å². The van der Waals surface area contributed by atoms with Crippen LogP contribution in [0.25, 0.3) is 22.2 Å². The van der Waals surface area contributed by atoms with Gasteiger partial charge >= 0.3 is 5.97 Å². The maximum Gasteiger partial charge on any atom is 0.336 e. The predicted octanol–water partition coefficient (Wildman–Crippen LogP) is 4.83. The lowest BCUT2D eigenvalue weighted by Crippen LogP contribution is -2.04. The van der Waals surface area contributed by atoms with Gasteiger partial charge in [-0.2, -0.15) is 0 Å². The zero-order valence-corrected chi connectivity index (χ0v) is 18.9. The van der Waals surface area contributed by atoms with Crippen LogP contribution < -0.4 is 4.74 Å². The molecule has 8 heteroatoms. The Hall–Kier alpha value is -4.72. The molecule has 0 saturated heterocycles. The van der Waals surface area contributed by atoms with Gasteiger partial charge in [-0.3, -0.25) is 0 Å². The lowest BCUT2D eigenvalue weighted by Gasteiger charge is -2.10. The molecule has 0 aliphatic heterocycles. The highest BCUT2D eigenvalue weighted by molar-refractivity contribution is 5.96. The molecule has 3 aromatic carbocycles. The molecule has 2 N–H and O–H groups in total. The van der Waals surface area contributed by atoms with E-state index >= 15 is 0 Å². The summed E-state index contributed by atoms with van der Waals surface area (Å²) in [6.45, 7) is 2.58. The van der Waals surface area contributed by atoms with Gasteiger partial charge in [0.05, 0.1) is 5.56 Å². The number of ether oxygens (including phenoxy) is 1. The molecule has 0 fully saturated rings. The molecule has 0 saturated carbocycles. The van der Waals surface area contributed by atoms with Crippen LogP contribution in [0.3, 0.4) is 0 Å². The lowest BCUT2D eigenvalue weighted by molar-refractivity contribution is 0.0697. The summed E-state index contributed by atoms with van der Waals surface area (Å²) in [5.41, 5.74) is 4.54. The van der Waals surface area contributed by atoms with E-state index < -0.39 is 5.97 Å². The van der Waals surface area contributed by atoms with Crippen LogP contribution in [0.2, 0.25) is 0 Å². The van der Waals surface area contributed by atoms with Crippen molar-refractivity contribution in [2.45, 2.75) is 20.1 Å². The minimum atomic E-state index is -0.966. The fourth-order valence-electron chi connectivity index (χ4n) is 4.04. The molecule has 5 aromatic rings. The van der Waals surface area contributed by atoms with Crippen LogP contribution >= 0.6 is 0 Å². The number of nitrogens with zero attached hydrogens (tertiary/aromatic N) is 4. The van der Waals surface area contributed by atoms with Gasteiger partial charge in [0.15, 0.2) is 5.52 Å². The monoisotopic (exact) mass is 466 g/mol. The molecule has 5 rings (SSSR count).